The van der Waals surface area contributed by atoms with Crippen LogP contribution in [-0.2, 0) is 23.9 Å². The van der Waals surface area contributed by atoms with Crippen LogP contribution in [0.5, 0.6) is 0 Å². The van der Waals surface area contributed by atoms with Crippen molar-refractivity contribution in [2.24, 2.45) is 7.05 Å². The molecule has 0 fully saturated rings. The van der Waals surface area contributed by atoms with E-state index >= 15 is 4.39 Å². The van der Waals surface area contributed by atoms with Crippen LogP contribution in [0.2, 0.25) is 0 Å². The SMILES string of the molecule is CNC/C=C/C(=O)Nc1cccc(Nc2nc(-c3cccc(-n4ncc5cc(C(C)(C)C)cc(F)c5c4=O)c3CO)cn(C)c2=O)c1. The largest absolute Gasteiger partial charge is 0.392 e. The molecular formula is C35H36FN7O4. The van der Waals surface area contributed by atoms with Crippen LogP contribution in [0.3, 0.4) is 0 Å². The van der Waals surface area contributed by atoms with Crippen molar-refractivity contribution in [2.45, 2.75) is 32.8 Å². The van der Waals surface area contributed by atoms with Crippen LogP contribution in [0.25, 0.3) is 27.7 Å². The van der Waals surface area contributed by atoms with Crippen molar-refractivity contribution in [2.75, 3.05) is 24.2 Å². The number of hydrogen-bond donors (Lipinski definition) is 4. The predicted molar refractivity (Wildman–Crippen MR) is 182 cm³/mol. The zero-order chi connectivity index (χ0) is 33.9. The molecule has 1 amide bonds. The van der Waals surface area contributed by atoms with Gasteiger partial charge in [-0.3, -0.25) is 14.4 Å². The Morgan fingerprint density at radius 3 is 2.51 bits per heavy atom. The average Bonchev–Trinajstić information content (AvgIpc) is 3.02. The summed E-state index contributed by atoms with van der Waals surface area (Å²) in [7, 11) is 3.35. The summed E-state index contributed by atoms with van der Waals surface area (Å²) >= 11 is 0. The van der Waals surface area contributed by atoms with Gasteiger partial charge in [-0.15, -0.1) is 0 Å². The summed E-state index contributed by atoms with van der Waals surface area (Å²) in [6, 6.07) is 14.9. The van der Waals surface area contributed by atoms with Crippen LogP contribution < -0.4 is 27.1 Å². The van der Waals surface area contributed by atoms with Crippen LogP contribution in [0, 0.1) is 5.82 Å². The van der Waals surface area contributed by atoms with Gasteiger partial charge >= 0.3 is 0 Å². The molecule has 0 aliphatic carbocycles. The van der Waals surface area contributed by atoms with E-state index in [1.807, 2.05) is 20.8 Å². The lowest BCUT2D eigenvalue weighted by molar-refractivity contribution is -0.111. The van der Waals surface area contributed by atoms with Crippen LogP contribution in [0.15, 0.2) is 88.7 Å². The summed E-state index contributed by atoms with van der Waals surface area (Å²) in [5, 5.41) is 23.9. The van der Waals surface area contributed by atoms with E-state index in [2.05, 4.69) is 26.0 Å². The first-order valence-corrected chi connectivity index (χ1v) is 14.9. The number of carbonyl (C=O) groups excluding carboxylic acids is 1. The van der Waals surface area contributed by atoms with Crippen LogP contribution >= 0.6 is 0 Å². The second-order valence-electron chi connectivity index (χ2n) is 12.0. The molecule has 11 nitrogen and oxygen atoms in total. The van der Waals surface area contributed by atoms with E-state index in [0.29, 0.717) is 40.1 Å². The molecule has 4 N–H and O–H groups in total. The molecule has 0 saturated carbocycles. The molecule has 0 atom stereocenters. The van der Waals surface area contributed by atoms with Crippen LogP contribution in [0.4, 0.5) is 21.6 Å². The minimum absolute atomic E-state index is 0.00518. The average molecular weight is 638 g/mol. The number of fused-ring (bicyclic) bond motifs is 1. The van der Waals surface area contributed by atoms with Gasteiger partial charge in [-0.1, -0.05) is 45.0 Å². The fourth-order valence-corrected chi connectivity index (χ4v) is 5.11. The highest BCUT2D eigenvalue weighted by Gasteiger charge is 2.21. The molecule has 0 aliphatic heterocycles. The van der Waals surface area contributed by atoms with Crippen molar-refractivity contribution in [1.29, 1.82) is 0 Å². The van der Waals surface area contributed by atoms with Crippen molar-refractivity contribution in [3.05, 3.63) is 117 Å². The smallest absolute Gasteiger partial charge is 0.293 e. The number of aryl methyl sites for hydroxylation is 1. The van der Waals surface area contributed by atoms with Gasteiger partial charge in [0.1, 0.15) is 5.82 Å². The number of anilines is 3. The monoisotopic (exact) mass is 637 g/mol. The molecule has 0 unspecified atom stereocenters. The number of aromatic nitrogens is 4. The molecule has 5 aromatic rings. The van der Waals surface area contributed by atoms with Gasteiger partial charge < -0.3 is 25.6 Å². The number of carbonyl (C=O) groups is 1. The molecule has 2 aromatic heterocycles. The number of aliphatic hydroxyl groups excluding tert-OH is 1. The molecule has 0 bridgehead atoms. The van der Waals surface area contributed by atoms with E-state index in [-0.39, 0.29) is 28.2 Å². The maximum Gasteiger partial charge on any atom is 0.293 e. The highest BCUT2D eigenvalue weighted by atomic mass is 19.1. The maximum atomic E-state index is 15.4. The number of nitrogens with one attached hydrogen (secondary N) is 3. The number of rotatable bonds is 9. The summed E-state index contributed by atoms with van der Waals surface area (Å²) < 4.78 is 17.8. The summed E-state index contributed by atoms with van der Waals surface area (Å²) in [5.41, 5.74) is 1.64. The van der Waals surface area contributed by atoms with E-state index in [0.717, 1.165) is 10.2 Å². The summed E-state index contributed by atoms with van der Waals surface area (Å²) in [6.07, 6.45) is 6.07. The van der Waals surface area contributed by atoms with Crippen molar-refractivity contribution in [3.63, 3.8) is 0 Å². The first kappa shape index (κ1) is 32.9. The third-order valence-electron chi connectivity index (χ3n) is 7.57. The number of nitrogens with zero attached hydrogens (tertiary/aromatic N) is 4. The number of aliphatic hydroxyl groups is 1. The molecule has 2 heterocycles. The number of halogens is 1. The minimum atomic E-state index is -0.674. The molecule has 5 rings (SSSR count). The Kier molecular flexibility index (Phi) is 9.45. The van der Waals surface area contributed by atoms with Gasteiger partial charge in [0, 0.05) is 53.8 Å². The quantitative estimate of drug-likeness (QED) is 0.173. The molecular weight excluding hydrogens is 601 g/mol. The van der Waals surface area contributed by atoms with Gasteiger partial charge in [0.15, 0.2) is 5.82 Å². The first-order chi connectivity index (χ1) is 22.4. The number of benzene rings is 3. The summed E-state index contributed by atoms with van der Waals surface area (Å²) in [4.78, 5) is 43.5. The van der Waals surface area contributed by atoms with Crippen molar-refractivity contribution in [3.8, 4) is 16.9 Å². The number of hydrogen-bond acceptors (Lipinski definition) is 8. The second-order valence-corrected chi connectivity index (χ2v) is 12.0. The first-order valence-electron chi connectivity index (χ1n) is 14.9. The fraction of sp³-hybridized carbons (Fsp3) is 0.229. The second kappa shape index (κ2) is 13.5. The predicted octanol–water partition coefficient (Wildman–Crippen LogP) is 4.53. The Labute approximate surface area is 270 Å². The van der Waals surface area contributed by atoms with Crippen molar-refractivity contribution < 1.29 is 14.3 Å². The molecule has 12 heteroatoms. The number of amides is 1. The lowest BCUT2D eigenvalue weighted by atomic mass is 9.86. The van der Waals surface area contributed by atoms with Crippen LogP contribution in [-0.4, -0.2) is 43.9 Å². The van der Waals surface area contributed by atoms with Gasteiger partial charge in [0.25, 0.3) is 11.1 Å². The Balaban J connectivity index is 1.53. The highest BCUT2D eigenvalue weighted by molar-refractivity contribution is 5.99. The lowest BCUT2D eigenvalue weighted by Gasteiger charge is -2.20. The zero-order valence-corrected chi connectivity index (χ0v) is 26.8. The third-order valence-corrected chi connectivity index (χ3v) is 7.57. The lowest BCUT2D eigenvalue weighted by Crippen LogP contribution is -2.24. The normalized spacial score (nSPS) is 11.7. The topological polar surface area (TPSA) is 143 Å². The van der Waals surface area contributed by atoms with Gasteiger partial charge in [-0.2, -0.15) is 9.78 Å². The van der Waals surface area contributed by atoms with Gasteiger partial charge in [-0.05, 0) is 54.4 Å². The highest BCUT2D eigenvalue weighted by Crippen LogP contribution is 2.30. The molecule has 242 valence electrons. The molecule has 0 aliphatic rings. The standard InChI is InChI=1S/C35H36FN7O4/c1-35(2,3)22-15-21-18-38-43(33(46)31(21)27(36)16-22)29-12-7-11-25(26(29)20-44)28-19-42(5)34(47)32(41-28)40-24-10-6-9-23(17-24)39-30(45)13-8-14-37-4/h6-13,15-19,37,44H,14,20H2,1-5H3,(H,39,45)(H,40,41)/b13-8+. The van der Waals surface area contributed by atoms with Gasteiger partial charge in [0.2, 0.25) is 5.91 Å². The van der Waals surface area contributed by atoms with Crippen LogP contribution in [0.1, 0.15) is 31.9 Å². The molecule has 3 aromatic carbocycles. The van der Waals surface area contributed by atoms with E-state index in [9.17, 15) is 19.5 Å². The van der Waals surface area contributed by atoms with Crippen molar-refractivity contribution in [1.82, 2.24) is 24.6 Å². The van der Waals surface area contributed by atoms with E-state index in [1.165, 1.54) is 29.1 Å². The van der Waals surface area contributed by atoms with Gasteiger partial charge in [-0.25, -0.2) is 9.37 Å². The summed E-state index contributed by atoms with van der Waals surface area (Å²) in [6.45, 7) is 5.92. The maximum absolute atomic E-state index is 15.4. The third kappa shape index (κ3) is 7.03. The Hall–Kier alpha value is -5.46. The Morgan fingerprint density at radius 2 is 1.79 bits per heavy atom. The van der Waals surface area contributed by atoms with Crippen molar-refractivity contribution >= 4 is 33.9 Å². The zero-order valence-electron chi connectivity index (χ0n) is 26.8. The molecule has 47 heavy (non-hydrogen) atoms. The van der Waals surface area contributed by atoms with E-state index in [1.54, 1.807) is 68.7 Å². The fourth-order valence-electron chi connectivity index (χ4n) is 5.11. The Morgan fingerprint density at radius 1 is 1.04 bits per heavy atom. The summed E-state index contributed by atoms with van der Waals surface area (Å²) in [5.74, 6) is -0.962. The van der Waals surface area contributed by atoms with Gasteiger partial charge in [0.05, 0.1) is 29.6 Å². The van der Waals surface area contributed by atoms with E-state index < -0.39 is 23.5 Å². The minimum Gasteiger partial charge on any atom is -0.392 e. The number of likely N-dealkylation sites (N-methyl/N-ethyl adjacent to an activating group) is 1. The van der Waals surface area contributed by atoms with E-state index in [4.69, 9.17) is 0 Å². The molecule has 0 saturated heterocycles. The molecule has 0 spiro atoms. The molecule has 0 radical (unpaired) electrons. The Bertz CT molecular complexity index is 2130.